The summed E-state index contributed by atoms with van der Waals surface area (Å²) in [4.78, 5) is 0. The molecule has 0 bridgehead atoms. The molecule has 0 spiro atoms. The predicted octanol–water partition coefficient (Wildman–Crippen LogP) is 4.63. The lowest BCUT2D eigenvalue weighted by molar-refractivity contribution is 0.739. The van der Waals surface area contributed by atoms with Gasteiger partial charge in [0.15, 0.2) is 8.07 Å². The van der Waals surface area contributed by atoms with E-state index in [2.05, 4.69) is 107 Å². The first-order chi connectivity index (χ1) is 12.3. The van der Waals surface area contributed by atoms with Crippen molar-refractivity contribution in [3.63, 3.8) is 0 Å². The molecule has 1 heterocycles. The van der Waals surface area contributed by atoms with Crippen molar-refractivity contribution in [2.45, 2.75) is 39.7 Å². The molecule has 26 heavy (non-hydrogen) atoms. The summed E-state index contributed by atoms with van der Waals surface area (Å²) in [6.45, 7) is 11.7. The third-order valence-electron chi connectivity index (χ3n) is 5.76. The second-order valence-corrected chi connectivity index (χ2v) is 13.2. The van der Waals surface area contributed by atoms with E-state index in [-0.39, 0.29) is 5.04 Å². The number of aryl methyl sites for hydroxylation is 2. The molecular formula is C24H27NSi. The largest absolute Gasteiger partial charge is 0.356 e. The van der Waals surface area contributed by atoms with E-state index in [1.54, 1.807) is 0 Å². The normalized spacial score (nSPS) is 18.7. The molecule has 1 aliphatic rings. The second kappa shape index (κ2) is 5.85. The first-order valence-corrected chi connectivity index (χ1v) is 11.4. The molecule has 0 saturated carbocycles. The van der Waals surface area contributed by atoms with Gasteiger partial charge < -0.3 is 5.32 Å². The highest BCUT2D eigenvalue weighted by Gasteiger charge is 2.53. The van der Waals surface area contributed by atoms with Crippen LogP contribution in [0.1, 0.15) is 31.9 Å². The van der Waals surface area contributed by atoms with Gasteiger partial charge in [0.1, 0.15) is 0 Å². The van der Waals surface area contributed by atoms with Crippen LogP contribution in [0.5, 0.6) is 0 Å². The smallest absolute Gasteiger partial charge is 0.158 e. The van der Waals surface area contributed by atoms with E-state index in [0.29, 0.717) is 0 Å². The van der Waals surface area contributed by atoms with Gasteiger partial charge in [-0.05, 0) is 46.6 Å². The Balaban J connectivity index is 2.19. The van der Waals surface area contributed by atoms with Gasteiger partial charge in [-0.25, -0.2) is 0 Å². The molecule has 1 aliphatic heterocycles. The number of benzene rings is 3. The minimum absolute atomic E-state index is 0.140. The number of rotatable bonds is 1. The Morgan fingerprint density at radius 1 is 0.692 bits per heavy atom. The highest BCUT2D eigenvalue weighted by atomic mass is 28.3. The van der Waals surface area contributed by atoms with Crippen LogP contribution in [0.4, 0.5) is 11.4 Å². The van der Waals surface area contributed by atoms with Crippen molar-refractivity contribution >= 4 is 35.0 Å². The van der Waals surface area contributed by atoms with Crippen molar-refractivity contribution in [1.29, 1.82) is 0 Å². The third kappa shape index (κ3) is 2.36. The number of anilines is 2. The van der Waals surface area contributed by atoms with Crippen LogP contribution in [0.2, 0.25) is 5.04 Å². The Morgan fingerprint density at radius 3 is 2.12 bits per heavy atom. The van der Waals surface area contributed by atoms with Crippen molar-refractivity contribution in [3.05, 3.63) is 77.9 Å². The molecule has 0 aliphatic carbocycles. The highest BCUT2D eigenvalue weighted by molar-refractivity contribution is 7.15. The van der Waals surface area contributed by atoms with Crippen LogP contribution in [-0.2, 0) is 0 Å². The quantitative estimate of drug-likeness (QED) is 0.626. The Hall–Kier alpha value is -2.32. The van der Waals surface area contributed by atoms with Gasteiger partial charge in [0.2, 0.25) is 0 Å². The molecule has 1 N–H and O–H groups in total. The molecular weight excluding hydrogens is 330 g/mol. The minimum Gasteiger partial charge on any atom is -0.356 e. The summed E-state index contributed by atoms with van der Waals surface area (Å²) in [6, 6.07) is 25.1. The molecule has 2 heteroatoms. The average Bonchev–Trinajstić information content (AvgIpc) is 2.58. The van der Waals surface area contributed by atoms with Crippen LogP contribution in [0, 0.1) is 13.8 Å². The van der Waals surface area contributed by atoms with Gasteiger partial charge in [-0.2, -0.15) is 0 Å². The van der Waals surface area contributed by atoms with Gasteiger partial charge in [0.25, 0.3) is 0 Å². The molecule has 0 amide bonds. The minimum atomic E-state index is -2.23. The molecule has 3 aromatic rings. The van der Waals surface area contributed by atoms with Crippen LogP contribution in [-0.4, -0.2) is 8.07 Å². The zero-order valence-electron chi connectivity index (χ0n) is 16.4. The second-order valence-electron chi connectivity index (χ2n) is 8.59. The van der Waals surface area contributed by atoms with Crippen LogP contribution >= 0.6 is 0 Å². The van der Waals surface area contributed by atoms with E-state index in [0.717, 1.165) is 0 Å². The molecule has 0 fully saturated rings. The lowest BCUT2D eigenvalue weighted by Gasteiger charge is -2.48. The molecule has 1 nitrogen and oxygen atoms in total. The van der Waals surface area contributed by atoms with Gasteiger partial charge in [-0.3, -0.25) is 0 Å². The first kappa shape index (κ1) is 17.1. The maximum atomic E-state index is 3.71. The van der Waals surface area contributed by atoms with Gasteiger partial charge in [0.05, 0.1) is 0 Å². The monoisotopic (exact) mass is 357 g/mol. The van der Waals surface area contributed by atoms with Crippen molar-refractivity contribution in [2.75, 3.05) is 5.32 Å². The van der Waals surface area contributed by atoms with Crippen LogP contribution in [0.25, 0.3) is 0 Å². The van der Waals surface area contributed by atoms with Crippen molar-refractivity contribution in [3.8, 4) is 0 Å². The van der Waals surface area contributed by atoms with Gasteiger partial charge in [-0.1, -0.05) is 86.5 Å². The number of fused-ring (bicyclic) bond motifs is 2. The topological polar surface area (TPSA) is 12.0 Å². The Bertz CT molecular complexity index is 983. The van der Waals surface area contributed by atoms with Crippen molar-refractivity contribution < 1.29 is 0 Å². The molecule has 132 valence electrons. The van der Waals surface area contributed by atoms with Crippen molar-refractivity contribution in [1.82, 2.24) is 0 Å². The SMILES string of the molecule is Cc1cccc([Si@@]2(C(C)(C)C)c3ccccc3Nc3ccc(C)cc32)c1. The van der Waals surface area contributed by atoms with Crippen molar-refractivity contribution in [2.24, 2.45) is 0 Å². The summed E-state index contributed by atoms with van der Waals surface area (Å²) in [5.41, 5.74) is 5.21. The van der Waals surface area contributed by atoms with E-state index in [1.165, 1.54) is 38.1 Å². The zero-order valence-corrected chi connectivity index (χ0v) is 17.4. The third-order valence-corrected chi connectivity index (χ3v) is 11.6. The summed E-state index contributed by atoms with van der Waals surface area (Å²) in [7, 11) is -2.23. The van der Waals surface area contributed by atoms with E-state index in [4.69, 9.17) is 0 Å². The van der Waals surface area contributed by atoms with Crippen LogP contribution in [0.15, 0.2) is 66.7 Å². The summed E-state index contributed by atoms with van der Waals surface area (Å²) >= 11 is 0. The number of hydrogen-bond donors (Lipinski definition) is 1. The molecule has 0 saturated heterocycles. The number of nitrogens with one attached hydrogen (secondary N) is 1. The van der Waals surface area contributed by atoms with Crippen LogP contribution < -0.4 is 20.9 Å². The fourth-order valence-corrected chi connectivity index (χ4v) is 10.8. The van der Waals surface area contributed by atoms with E-state index in [9.17, 15) is 0 Å². The fraction of sp³-hybridized carbons (Fsp3) is 0.250. The molecule has 0 aromatic heterocycles. The maximum absolute atomic E-state index is 3.71. The number of para-hydroxylation sites is 1. The fourth-order valence-electron chi connectivity index (χ4n) is 4.72. The van der Waals surface area contributed by atoms with Crippen LogP contribution in [0.3, 0.4) is 0 Å². The summed E-state index contributed by atoms with van der Waals surface area (Å²) in [5, 5.41) is 8.36. The molecule has 1 atom stereocenters. The average molecular weight is 358 g/mol. The van der Waals surface area contributed by atoms with Gasteiger partial charge in [-0.15, -0.1) is 0 Å². The van der Waals surface area contributed by atoms with Gasteiger partial charge >= 0.3 is 0 Å². The Kier molecular flexibility index (Phi) is 3.85. The summed E-state index contributed by atoms with van der Waals surface area (Å²) < 4.78 is 0. The van der Waals surface area contributed by atoms with Gasteiger partial charge in [0, 0.05) is 11.4 Å². The van der Waals surface area contributed by atoms with E-state index < -0.39 is 8.07 Å². The summed E-state index contributed by atoms with van der Waals surface area (Å²) in [5.74, 6) is 0. The Morgan fingerprint density at radius 2 is 1.38 bits per heavy atom. The predicted molar refractivity (Wildman–Crippen MR) is 116 cm³/mol. The summed E-state index contributed by atoms with van der Waals surface area (Å²) in [6.07, 6.45) is 0. The molecule has 4 rings (SSSR count). The number of hydrogen-bond acceptors (Lipinski definition) is 1. The standard InChI is InChI=1S/C24H27NSi/c1-17-9-8-10-19(15-17)26(24(3,4)5)22-12-7-6-11-20(22)25-21-14-13-18(2)16-23(21)26/h6-16,25H,1-5H3/t26-/m1/s1. The lowest BCUT2D eigenvalue weighted by Crippen LogP contribution is -2.74. The maximum Gasteiger partial charge on any atom is 0.158 e. The molecule has 3 aromatic carbocycles. The highest BCUT2D eigenvalue weighted by Crippen LogP contribution is 2.41. The molecule has 0 radical (unpaired) electrons. The first-order valence-electron chi connectivity index (χ1n) is 9.39. The van der Waals surface area contributed by atoms with E-state index in [1.807, 2.05) is 0 Å². The molecule has 0 unspecified atom stereocenters. The Labute approximate surface area is 158 Å². The van der Waals surface area contributed by atoms with E-state index >= 15 is 0 Å². The lowest BCUT2D eigenvalue weighted by atomic mass is 10.2. The zero-order chi connectivity index (χ0) is 18.5.